The maximum Gasteiger partial charge on any atom is 0.262 e. The van der Waals surface area contributed by atoms with Gasteiger partial charge in [-0.15, -0.1) is 11.3 Å². The van der Waals surface area contributed by atoms with Crippen LogP contribution in [0.2, 0.25) is 0 Å². The number of rotatable bonds is 7. The molecule has 5 rings (SSSR count). The molecule has 3 aromatic heterocycles. The van der Waals surface area contributed by atoms with Gasteiger partial charge >= 0.3 is 0 Å². The van der Waals surface area contributed by atoms with E-state index in [0.29, 0.717) is 12.6 Å². The van der Waals surface area contributed by atoms with Crippen LogP contribution in [0.4, 0.5) is 0 Å². The molecule has 3 heterocycles. The molecule has 0 unspecified atom stereocenters. The summed E-state index contributed by atoms with van der Waals surface area (Å²) in [6.45, 7) is 6.74. The second-order valence-corrected chi connectivity index (χ2v) is 9.81. The molecule has 29 heavy (non-hydrogen) atoms. The minimum Gasteiger partial charge on any atom is -0.313 e. The van der Waals surface area contributed by atoms with Crippen LogP contribution in [0, 0.1) is 19.8 Å². The van der Waals surface area contributed by atoms with Crippen molar-refractivity contribution in [1.82, 2.24) is 24.6 Å². The quantitative estimate of drug-likeness (QED) is 0.648. The van der Waals surface area contributed by atoms with Gasteiger partial charge in [-0.2, -0.15) is 5.10 Å². The van der Waals surface area contributed by atoms with Crippen LogP contribution in [0.1, 0.15) is 47.5 Å². The number of aromatic nitrogens is 4. The van der Waals surface area contributed by atoms with E-state index in [4.69, 9.17) is 0 Å². The lowest BCUT2D eigenvalue weighted by atomic mass is 9.93. The topological polar surface area (TPSA) is 64.7 Å². The number of aryl methyl sites for hydroxylation is 5. The fourth-order valence-corrected chi connectivity index (χ4v) is 5.74. The molecule has 0 radical (unpaired) electrons. The molecule has 1 N–H and O–H groups in total. The molecule has 2 aliphatic rings. The Morgan fingerprint density at radius 3 is 2.86 bits per heavy atom. The number of nitrogens with one attached hydrogen (secondary N) is 1. The zero-order valence-corrected chi connectivity index (χ0v) is 18.1. The molecule has 1 saturated carbocycles. The second-order valence-electron chi connectivity index (χ2n) is 8.72. The van der Waals surface area contributed by atoms with Crippen molar-refractivity contribution >= 4 is 21.6 Å². The molecule has 3 aromatic rings. The Morgan fingerprint density at radius 1 is 1.24 bits per heavy atom. The lowest BCUT2D eigenvalue weighted by Crippen LogP contribution is -2.35. The highest BCUT2D eigenvalue weighted by atomic mass is 32.1. The van der Waals surface area contributed by atoms with Gasteiger partial charge in [0, 0.05) is 29.7 Å². The van der Waals surface area contributed by atoms with Crippen molar-refractivity contribution in [2.45, 2.75) is 71.5 Å². The van der Waals surface area contributed by atoms with Crippen molar-refractivity contribution in [2.24, 2.45) is 5.92 Å². The molecular weight excluding hydrogens is 382 g/mol. The molecule has 154 valence electrons. The third-order valence-corrected chi connectivity index (χ3v) is 7.46. The van der Waals surface area contributed by atoms with Gasteiger partial charge in [0.05, 0.1) is 17.4 Å². The Labute approximate surface area is 175 Å². The SMILES string of the molecule is Cc1cc(C)n(CCCn2cnc3sc4c(c3c2=O)CC[C@@H](NCC2CC2)C4)n1. The largest absolute Gasteiger partial charge is 0.313 e. The van der Waals surface area contributed by atoms with E-state index in [1.54, 1.807) is 22.2 Å². The molecular formula is C22H29N5OS. The first-order chi connectivity index (χ1) is 14.1. The van der Waals surface area contributed by atoms with E-state index in [1.165, 1.54) is 29.0 Å². The number of fused-ring (bicyclic) bond motifs is 3. The maximum atomic E-state index is 13.2. The Morgan fingerprint density at radius 2 is 2.10 bits per heavy atom. The third-order valence-electron chi connectivity index (χ3n) is 6.30. The zero-order chi connectivity index (χ0) is 20.0. The predicted octanol–water partition coefficient (Wildman–Crippen LogP) is 3.22. The summed E-state index contributed by atoms with van der Waals surface area (Å²) in [7, 11) is 0. The Hall–Kier alpha value is -1.99. The molecule has 0 spiro atoms. The summed E-state index contributed by atoms with van der Waals surface area (Å²) >= 11 is 1.72. The molecule has 6 nitrogen and oxygen atoms in total. The van der Waals surface area contributed by atoms with Gasteiger partial charge in [-0.3, -0.25) is 14.0 Å². The molecule has 0 amide bonds. The average molecular weight is 412 g/mol. The summed E-state index contributed by atoms with van der Waals surface area (Å²) in [5.74, 6) is 0.905. The standard InChI is InChI=1S/C22H29N5OS/c1-14-10-15(2)27(25-14)9-3-8-26-13-24-21-20(22(26)28)18-7-6-17(11-19(18)29-21)23-12-16-4-5-16/h10,13,16-17,23H,3-9,11-12H2,1-2H3/t17-/m1/s1. The lowest BCUT2D eigenvalue weighted by Gasteiger charge is -2.23. The summed E-state index contributed by atoms with van der Waals surface area (Å²) in [5.41, 5.74) is 3.60. The van der Waals surface area contributed by atoms with Gasteiger partial charge in [0.25, 0.3) is 5.56 Å². The molecule has 7 heteroatoms. The summed E-state index contributed by atoms with van der Waals surface area (Å²) in [6.07, 6.45) is 8.53. The first kappa shape index (κ1) is 19.0. The molecule has 1 fully saturated rings. The Bertz CT molecular complexity index is 1090. The van der Waals surface area contributed by atoms with Crippen molar-refractivity contribution in [3.05, 3.63) is 44.6 Å². The van der Waals surface area contributed by atoms with Crippen molar-refractivity contribution < 1.29 is 0 Å². The maximum absolute atomic E-state index is 13.2. The monoisotopic (exact) mass is 411 g/mol. The van der Waals surface area contributed by atoms with E-state index >= 15 is 0 Å². The first-order valence-electron chi connectivity index (χ1n) is 10.8. The van der Waals surface area contributed by atoms with Crippen LogP contribution < -0.4 is 10.9 Å². The van der Waals surface area contributed by atoms with Gasteiger partial charge < -0.3 is 5.32 Å². The molecule has 0 bridgehead atoms. The van der Waals surface area contributed by atoms with Gasteiger partial charge in [-0.25, -0.2) is 4.98 Å². The Balaban J connectivity index is 1.31. The summed E-state index contributed by atoms with van der Waals surface area (Å²) in [5, 5.41) is 9.12. The number of nitrogens with zero attached hydrogens (tertiary/aromatic N) is 4. The van der Waals surface area contributed by atoms with E-state index in [-0.39, 0.29) is 5.56 Å². The van der Waals surface area contributed by atoms with Crippen LogP contribution in [0.15, 0.2) is 17.2 Å². The first-order valence-corrected chi connectivity index (χ1v) is 11.6. The normalized spacial score (nSPS) is 19.0. The summed E-state index contributed by atoms with van der Waals surface area (Å²) < 4.78 is 3.81. The van der Waals surface area contributed by atoms with E-state index in [1.807, 2.05) is 11.6 Å². The molecule has 2 aliphatic carbocycles. The minimum atomic E-state index is 0.130. The fourth-order valence-electron chi connectivity index (χ4n) is 4.48. The molecule has 0 aromatic carbocycles. The van der Waals surface area contributed by atoms with Crippen LogP contribution in [0.25, 0.3) is 10.2 Å². The van der Waals surface area contributed by atoms with Crippen molar-refractivity contribution in [3.63, 3.8) is 0 Å². The van der Waals surface area contributed by atoms with Gasteiger partial charge in [-0.1, -0.05) is 0 Å². The highest BCUT2D eigenvalue weighted by Gasteiger charge is 2.27. The van der Waals surface area contributed by atoms with Crippen molar-refractivity contribution in [3.8, 4) is 0 Å². The molecule has 0 saturated heterocycles. The highest BCUT2D eigenvalue weighted by Crippen LogP contribution is 2.34. The lowest BCUT2D eigenvalue weighted by molar-refractivity contribution is 0.453. The zero-order valence-electron chi connectivity index (χ0n) is 17.3. The minimum absolute atomic E-state index is 0.130. The van der Waals surface area contributed by atoms with Gasteiger partial charge in [0.15, 0.2) is 0 Å². The van der Waals surface area contributed by atoms with Crippen LogP contribution in [-0.2, 0) is 25.9 Å². The number of thiophene rings is 1. The van der Waals surface area contributed by atoms with Crippen LogP contribution >= 0.6 is 11.3 Å². The van der Waals surface area contributed by atoms with Crippen molar-refractivity contribution in [1.29, 1.82) is 0 Å². The van der Waals surface area contributed by atoms with E-state index in [2.05, 4.69) is 28.4 Å². The van der Waals surface area contributed by atoms with Crippen LogP contribution in [0.3, 0.4) is 0 Å². The van der Waals surface area contributed by atoms with Crippen molar-refractivity contribution in [2.75, 3.05) is 6.54 Å². The molecule has 1 atom stereocenters. The number of hydrogen-bond acceptors (Lipinski definition) is 5. The van der Waals surface area contributed by atoms with Gasteiger partial charge in [0.1, 0.15) is 4.83 Å². The van der Waals surface area contributed by atoms with Gasteiger partial charge in [0.2, 0.25) is 0 Å². The third kappa shape index (κ3) is 3.90. The Kier molecular flexibility index (Phi) is 5.04. The fraction of sp³-hybridized carbons (Fsp3) is 0.591. The van der Waals surface area contributed by atoms with Crippen LogP contribution in [-0.4, -0.2) is 31.9 Å². The molecule has 0 aliphatic heterocycles. The van der Waals surface area contributed by atoms with E-state index in [0.717, 1.165) is 60.6 Å². The summed E-state index contributed by atoms with van der Waals surface area (Å²) in [6, 6.07) is 2.64. The van der Waals surface area contributed by atoms with E-state index < -0.39 is 0 Å². The van der Waals surface area contributed by atoms with E-state index in [9.17, 15) is 4.79 Å². The second kappa shape index (κ2) is 7.69. The average Bonchev–Trinajstić information content (AvgIpc) is 3.37. The predicted molar refractivity (Wildman–Crippen MR) is 117 cm³/mol. The smallest absolute Gasteiger partial charge is 0.262 e. The van der Waals surface area contributed by atoms with Gasteiger partial charge in [-0.05, 0) is 76.5 Å². The number of hydrogen-bond donors (Lipinski definition) is 1. The highest BCUT2D eigenvalue weighted by molar-refractivity contribution is 7.18. The van der Waals surface area contributed by atoms with Crippen LogP contribution in [0.5, 0.6) is 0 Å². The summed E-state index contributed by atoms with van der Waals surface area (Å²) in [4.78, 5) is 20.1.